The molecule has 2 atom stereocenters. The fraction of sp³-hybridized carbons (Fsp3) is 0.333. The first-order valence-electron chi connectivity index (χ1n) is 11.5. The highest BCUT2D eigenvalue weighted by molar-refractivity contribution is 9.11. The van der Waals surface area contributed by atoms with Crippen LogP contribution in [0.15, 0.2) is 54.3 Å². The average molecular weight is 800 g/mol. The van der Waals surface area contributed by atoms with Crippen LogP contribution in [0.1, 0.15) is 38.8 Å². The standard InChI is InChI=1S/C27H28Br4O8/c1-12(2)26(34)38-24-18(28)8-16(22(20(24)30)36-10-14(5)32)7-17-9-19(29)25(39-27(35)13(3)4)21(31)23(17)37-11-15(6)33/h8-9,14-15,32-33H,1,3,7,10-11H2,2,4-6H3. The van der Waals surface area contributed by atoms with E-state index in [9.17, 15) is 19.8 Å². The Kier molecular flexibility index (Phi) is 12.7. The summed E-state index contributed by atoms with van der Waals surface area (Å²) in [5, 5.41) is 19.7. The molecule has 2 rings (SSSR count). The predicted octanol–water partition coefficient (Wildman–Crippen LogP) is 6.81. The van der Waals surface area contributed by atoms with Crippen molar-refractivity contribution < 1.29 is 38.7 Å². The van der Waals surface area contributed by atoms with Gasteiger partial charge in [-0.05, 0) is 104 Å². The summed E-state index contributed by atoms with van der Waals surface area (Å²) in [6.45, 7) is 13.4. The Morgan fingerprint density at radius 3 is 1.36 bits per heavy atom. The lowest BCUT2D eigenvalue weighted by Crippen LogP contribution is -2.16. The van der Waals surface area contributed by atoms with Crippen molar-refractivity contribution in [1.82, 2.24) is 0 Å². The van der Waals surface area contributed by atoms with E-state index in [1.165, 1.54) is 13.8 Å². The summed E-state index contributed by atoms with van der Waals surface area (Å²) in [7, 11) is 0. The quantitative estimate of drug-likeness (QED) is 0.137. The van der Waals surface area contributed by atoms with Crippen molar-refractivity contribution in [3.05, 3.63) is 65.5 Å². The van der Waals surface area contributed by atoms with Gasteiger partial charge in [-0.3, -0.25) is 0 Å². The minimum absolute atomic E-state index is 0.0321. The molecule has 2 N–H and O–H groups in total. The molecule has 0 radical (unpaired) electrons. The van der Waals surface area contributed by atoms with Gasteiger partial charge >= 0.3 is 11.9 Å². The van der Waals surface area contributed by atoms with E-state index >= 15 is 0 Å². The molecule has 0 aliphatic carbocycles. The third kappa shape index (κ3) is 9.15. The smallest absolute Gasteiger partial charge is 0.338 e. The molecular weight excluding hydrogens is 772 g/mol. The van der Waals surface area contributed by atoms with Crippen molar-refractivity contribution in [2.24, 2.45) is 0 Å². The molecule has 0 aliphatic rings. The first-order chi connectivity index (χ1) is 18.1. The number of hydrogen-bond acceptors (Lipinski definition) is 8. The highest BCUT2D eigenvalue weighted by atomic mass is 79.9. The van der Waals surface area contributed by atoms with Gasteiger partial charge in [-0.2, -0.15) is 0 Å². The van der Waals surface area contributed by atoms with Gasteiger partial charge in [0.15, 0.2) is 11.5 Å². The van der Waals surface area contributed by atoms with E-state index in [-0.39, 0.29) is 42.3 Å². The number of rotatable bonds is 12. The normalized spacial score (nSPS) is 12.4. The summed E-state index contributed by atoms with van der Waals surface area (Å²) in [5.74, 6) is -0.214. The van der Waals surface area contributed by atoms with Crippen LogP contribution in [-0.4, -0.2) is 47.6 Å². The van der Waals surface area contributed by atoms with E-state index in [0.717, 1.165) is 0 Å². The number of benzene rings is 2. The van der Waals surface area contributed by atoms with E-state index in [0.29, 0.717) is 40.5 Å². The molecule has 12 heteroatoms. The summed E-state index contributed by atoms with van der Waals surface area (Å²) in [4.78, 5) is 24.5. The Hall–Kier alpha value is -1.70. The van der Waals surface area contributed by atoms with Crippen molar-refractivity contribution >= 4 is 75.7 Å². The van der Waals surface area contributed by atoms with Crippen LogP contribution in [0.25, 0.3) is 0 Å². The number of ether oxygens (including phenoxy) is 4. The number of hydrogen-bond donors (Lipinski definition) is 2. The van der Waals surface area contributed by atoms with Crippen LogP contribution in [0.3, 0.4) is 0 Å². The van der Waals surface area contributed by atoms with Gasteiger partial charge in [0.2, 0.25) is 0 Å². The van der Waals surface area contributed by atoms with Gasteiger partial charge in [-0.1, -0.05) is 13.2 Å². The molecule has 0 aliphatic heterocycles. The number of carbonyl (C=O) groups is 2. The maximum atomic E-state index is 12.2. The van der Waals surface area contributed by atoms with Gasteiger partial charge in [0.05, 0.1) is 21.2 Å². The predicted molar refractivity (Wildman–Crippen MR) is 162 cm³/mol. The largest absolute Gasteiger partial charge is 0.489 e. The Bertz CT molecular complexity index is 1190. The molecule has 0 saturated carbocycles. The fourth-order valence-electron chi connectivity index (χ4n) is 3.00. The molecule has 2 aromatic carbocycles. The lowest BCUT2D eigenvalue weighted by molar-refractivity contribution is -0.131. The molecule has 0 bridgehead atoms. The van der Waals surface area contributed by atoms with Gasteiger partial charge in [0.1, 0.15) is 33.7 Å². The van der Waals surface area contributed by atoms with Gasteiger partial charge in [-0.25, -0.2) is 9.59 Å². The topological polar surface area (TPSA) is 112 Å². The molecule has 212 valence electrons. The minimum atomic E-state index is -0.773. The Morgan fingerprint density at radius 1 is 0.744 bits per heavy atom. The van der Waals surface area contributed by atoms with E-state index in [1.807, 2.05) is 0 Å². The molecule has 8 nitrogen and oxygen atoms in total. The van der Waals surface area contributed by atoms with Gasteiger partial charge in [0.25, 0.3) is 0 Å². The Balaban J connectivity index is 2.69. The van der Waals surface area contributed by atoms with Crippen LogP contribution in [0.2, 0.25) is 0 Å². The second kappa shape index (κ2) is 14.8. The van der Waals surface area contributed by atoms with Crippen LogP contribution in [0.5, 0.6) is 23.0 Å². The minimum Gasteiger partial charge on any atom is -0.489 e. The first kappa shape index (κ1) is 33.5. The third-order valence-corrected chi connectivity index (χ3v) is 7.44. The number of halogens is 4. The van der Waals surface area contributed by atoms with E-state index < -0.39 is 24.1 Å². The number of aliphatic hydroxyl groups is 2. The third-order valence-electron chi connectivity index (χ3n) is 4.82. The van der Waals surface area contributed by atoms with Crippen LogP contribution in [-0.2, 0) is 16.0 Å². The molecule has 0 saturated heterocycles. The molecule has 2 unspecified atom stereocenters. The Labute approximate surface area is 260 Å². The molecule has 0 amide bonds. The monoisotopic (exact) mass is 796 g/mol. The number of carbonyl (C=O) groups excluding carboxylic acids is 2. The first-order valence-corrected chi connectivity index (χ1v) is 14.7. The zero-order valence-electron chi connectivity index (χ0n) is 21.7. The molecule has 0 fully saturated rings. The summed E-state index contributed by atoms with van der Waals surface area (Å²) in [6, 6.07) is 3.44. The maximum absolute atomic E-state index is 12.2. The van der Waals surface area contributed by atoms with Crippen molar-refractivity contribution in [1.29, 1.82) is 0 Å². The lowest BCUT2D eigenvalue weighted by Gasteiger charge is -2.21. The van der Waals surface area contributed by atoms with E-state index in [1.54, 1.807) is 26.0 Å². The molecule has 2 aromatic rings. The fourth-order valence-corrected chi connectivity index (χ4v) is 5.97. The summed E-state index contributed by atoms with van der Waals surface area (Å²) in [6.07, 6.45) is -1.32. The molecule has 39 heavy (non-hydrogen) atoms. The van der Waals surface area contributed by atoms with Crippen LogP contribution in [0, 0.1) is 0 Å². The van der Waals surface area contributed by atoms with Crippen LogP contribution >= 0.6 is 63.7 Å². The second-order valence-electron chi connectivity index (χ2n) is 8.82. The summed E-state index contributed by atoms with van der Waals surface area (Å²) >= 11 is 13.9. The molecular formula is C27H28Br4O8. The summed E-state index contributed by atoms with van der Waals surface area (Å²) < 4.78 is 24.4. The highest BCUT2D eigenvalue weighted by Crippen LogP contribution is 2.47. The Morgan fingerprint density at radius 2 is 1.08 bits per heavy atom. The van der Waals surface area contributed by atoms with Crippen molar-refractivity contribution in [2.75, 3.05) is 13.2 Å². The maximum Gasteiger partial charge on any atom is 0.338 e. The highest BCUT2D eigenvalue weighted by Gasteiger charge is 2.25. The van der Waals surface area contributed by atoms with Gasteiger partial charge in [0, 0.05) is 28.7 Å². The van der Waals surface area contributed by atoms with Crippen LogP contribution < -0.4 is 18.9 Å². The van der Waals surface area contributed by atoms with Gasteiger partial charge < -0.3 is 29.2 Å². The average Bonchev–Trinajstić information content (AvgIpc) is 2.82. The SMILES string of the molecule is C=C(C)C(=O)Oc1c(Br)cc(Cc2cc(Br)c(OC(=O)C(=C)C)c(Br)c2OCC(C)O)c(OCC(C)O)c1Br. The summed E-state index contributed by atoms with van der Waals surface area (Å²) in [5.41, 5.74) is 1.70. The molecule has 0 aromatic heterocycles. The zero-order valence-corrected chi connectivity index (χ0v) is 28.0. The number of aliphatic hydroxyl groups excluding tert-OH is 2. The van der Waals surface area contributed by atoms with Crippen molar-refractivity contribution in [3.63, 3.8) is 0 Å². The van der Waals surface area contributed by atoms with Crippen LogP contribution in [0.4, 0.5) is 0 Å². The molecule has 0 spiro atoms. The van der Waals surface area contributed by atoms with Crippen molar-refractivity contribution in [3.8, 4) is 23.0 Å². The number of esters is 2. The van der Waals surface area contributed by atoms with Gasteiger partial charge in [-0.15, -0.1) is 0 Å². The van der Waals surface area contributed by atoms with Crippen molar-refractivity contribution in [2.45, 2.75) is 46.3 Å². The second-order valence-corrected chi connectivity index (χ2v) is 12.1. The van der Waals surface area contributed by atoms with E-state index in [2.05, 4.69) is 76.9 Å². The zero-order chi connectivity index (χ0) is 29.6. The van der Waals surface area contributed by atoms with E-state index in [4.69, 9.17) is 18.9 Å². The lowest BCUT2D eigenvalue weighted by atomic mass is 10.0. The molecule has 0 heterocycles.